The van der Waals surface area contributed by atoms with Crippen LogP contribution in [0.1, 0.15) is 10.4 Å². The molecule has 5 nitrogen and oxygen atoms in total. The van der Waals surface area contributed by atoms with E-state index in [1.165, 1.54) is 12.1 Å². The predicted octanol–water partition coefficient (Wildman–Crippen LogP) is -0.0757. The molecule has 0 aromatic heterocycles. The van der Waals surface area contributed by atoms with Crippen molar-refractivity contribution in [2.24, 2.45) is 0 Å². The van der Waals surface area contributed by atoms with Crippen LogP contribution >= 0.6 is 0 Å². The summed E-state index contributed by atoms with van der Waals surface area (Å²) in [5, 5.41) is 2.09. The van der Waals surface area contributed by atoms with Gasteiger partial charge in [-0.2, -0.15) is 0 Å². The zero-order valence-electron chi connectivity index (χ0n) is 8.77. The molecule has 1 heterocycles. The Morgan fingerprint density at radius 1 is 1.12 bits per heavy atom. The third-order valence-corrected chi connectivity index (χ3v) is 2.33. The van der Waals surface area contributed by atoms with Crippen molar-refractivity contribution < 1.29 is 18.8 Å². The highest BCUT2D eigenvalue weighted by Gasteiger charge is 2.26. The standard InChI is InChI=1S/C11H9FN2O3/c12-8-3-1-7(2-4-8)11(17)14-5-9(15)13-10(16)6-14/h1-4H,5-6H2,(H,13,15,16). The molecule has 1 fully saturated rings. The van der Waals surface area contributed by atoms with Gasteiger partial charge in [-0.05, 0) is 24.3 Å². The number of nitrogens with one attached hydrogen (secondary N) is 1. The molecule has 1 aromatic carbocycles. The van der Waals surface area contributed by atoms with Gasteiger partial charge in [0.15, 0.2) is 0 Å². The number of nitrogens with zero attached hydrogens (tertiary/aromatic N) is 1. The van der Waals surface area contributed by atoms with Crippen LogP contribution in [0.4, 0.5) is 4.39 Å². The molecule has 0 aliphatic carbocycles. The van der Waals surface area contributed by atoms with Crippen molar-refractivity contribution in [1.29, 1.82) is 0 Å². The summed E-state index contributed by atoms with van der Waals surface area (Å²) in [7, 11) is 0. The molecule has 1 N–H and O–H groups in total. The van der Waals surface area contributed by atoms with E-state index in [1.54, 1.807) is 0 Å². The molecule has 1 aliphatic rings. The lowest BCUT2D eigenvalue weighted by molar-refractivity contribution is -0.135. The number of benzene rings is 1. The highest BCUT2D eigenvalue weighted by molar-refractivity contribution is 6.05. The highest BCUT2D eigenvalue weighted by atomic mass is 19.1. The van der Waals surface area contributed by atoms with Crippen LogP contribution in [0.15, 0.2) is 24.3 Å². The lowest BCUT2D eigenvalue weighted by atomic mass is 10.2. The maximum Gasteiger partial charge on any atom is 0.254 e. The Kier molecular flexibility index (Phi) is 2.86. The average molecular weight is 236 g/mol. The minimum atomic E-state index is -0.517. The van der Waals surface area contributed by atoms with Crippen molar-refractivity contribution in [1.82, 2.24) is 10.2 Å². The lowest BCUT2D eigenvalue weighted by Gasteiger charge is -2.25. The van der Waals surface area contributed by atoms with Gasteiger partial charge >= 0.3 is 0 Å². The van der Waals surface area contributed by atoms with Crippen molar-refractivity contribution in [3.05, 3.63) is 35.6 Å². The number of halogens is 1. The number of hydrogen-bond acceptors (Lipinski definition) is 3. The second-order valence-corrected chi connectivity index (χ2v) is 3.64. The zero-order chi connectivity index (χ0) is 12.4. The van der Waals surface area contributed by atoms with Crippen molar-refractivity contribution in [3.63, 3.8) is 0 Å². The SMILES string of the molecule is O=C1CN(C(=O)c2ccc(F)cc2)CC(=O)N1. The van der Waals surface area contributed by atoms with Gasteiger partial charge in [0.1, 0.15) is 18.9 Å². The first kappa shape index (κ1) is 11.3. The van der Waals surface area contributed by atoms with Gasteiger partial charge in [-0.25, -0.2) is 4.39 Å². The number of carbonyl (C=O) groups excluding carboxylic acids is 3. The van der Waals surface area contributed by atoms with Crippen LogP contribution in [-0.4, -0.2) is 35.7 Å². The van der Waals surface area contributed by atoms with E-state index < -0.39 is 23.5 Å². The first-order chi connectivity index (χ1) is 8.06. The largest absolute Gasteiger partial charge is 0.320 e. The Morgan fingerprint density at radius 2 is 1.65 bits per heavy atom. The summed E-state index contributed by atoms with van der Waals surface area (Å²) in [4.78, 5) is 35.2. The van der Waals surface area contributed by atoms with Gasteiger partial charge in [0, 0.05) is 5.56 Å². The van der Waals surface area contributed by atoms with Crippen molar-refractivity contribution >= 4 is 17.7 Å². The van der Waals surface area contributed by atoms with E-state index in [4.69, 9.17) is 0 Å². The smallest absolute Gasteiger partial charge is 0.254 e. The summed E-state index contributed by atoms with van der Waals surface area (Å²) < 4.78 is 12.7. The summed E-state index contributed by atoms with van der Waals surface area (Å²) in [5.74, 6) is -1.95. The van der Waals surface area contributed by atoms with Gasteiger partial charge < -0.3 is 4.90 Å². The molecule has 1 saturated heterocycles. The number of carbonyl (C=O) groups is 3. The van der Waals surface area contributed by atoms with Crippen LogP contribution in [0.2, 0.25) is 0 Å². The quantitative estimate of drug-likeness (QED) is 0.694. The minimum Gasteiger partial charge on any atom is -0.320 e. The number of imide groups is 1. The molecule has 88 valence electrons. The monoisotopic (exact) mass is 236 g/mol. The fourth-order valence-corrected chi connectivity index (χ4v) is 1.56. The van der Waals surface area contributed by atoms with E-state index >= 15 is 0 Å². The molecule has 0 unspecified atom stereocenters. The molecular weight excluding hydrogens is 227 g/mol. The van der Waals surface area contributed by atoms with Gasteiger partial charge in [-0.15, -0.1) is 0 Å². The maximum absolute atomic E-state index is 12.7. The van der Waals surface area contributed by atoms with Gasteiger partial charge in [0.05, 0.1) is 0 Å². The topological polar surface area (TPSA) is 66.5 Å². The van der Waals surface area contributed by atoms with E-state index in [2.05, 4.69) is 5.32 Å². The summed E-state index contributed by atoms with van der Waals surface area (Å²) in [5.41, 5.74) is 0.244. The van der Waals surface area contributed by atoms with E-state index in [1.807, 2.05) is 0 Å². The maximum atomic E-state index is 12.7. The Hall–Kier alpha value is -2.24. The molecule has 6 heteroatoms. The first-order valence-corrected chi connectivity index (χ1v) is 4.94. The molecule has 0 bridgehead atoms. The molecule has 1 aliphatic heterocycles. The fraction of sp³-hybridized carbons (Fsp3) is 0.182. The number of piperazine rings is 1. The molecular formula is C11H9FN2O3. The third-order valence-electron chi connectivity index (χ3n) is 2.33. The lowest BCUT2D eigenvalue weighted by Crippen LogP contribution is -2.53. The van der Waals surface area contributed by atoms with Crippen molar-refractivity contribution in [2.75, 3.05) is 13.1 Å². The van der Waals surface area contributed by atoms with Gasteiger partial charge in [0.2, 0.25) is 11.8 Å². The summed E-state index contributed by atoms with van der Waals surface area (Å²) in [6, 6.07) is 4.93. The Labute approximate surface area is 96.2 Å². The minimum absolute atomic E-state index is 0.165. The Bertz CT molecular complexity index is 468. The normalized spacial score (nSPS) is 15.7. The second-order valence-electron chi connectivity index (χ2n) is 3.64. The van der Waals surface area contributed by atoms with E-state index in [0.29, 0.717) is 0 Å². The van der Waals surface area contributed by atoms with Crippen LogP contribution in [0, 0.1) is 5.82 Å². The van der Waals surface area contributed by atoms with Crippen LogP contribution < -0.4 is 5.32 Å². The Morgan fingerprint density at radius 3 is 2.18 bits per heavy atom. The molecule has 0 atom stereocenters. The number of hydrogen-bond donors (Lipinski definition) is 1. The average Bonchev–Trinajstić information content (AvgIpc) is 2.28. The summed E-state index contributed by atoms with van der Waals surface area (Å²) in [6.07, 6.45) is 0. The van der Waals surface area contributed by atoms with Crippen molar-refractivity contribution in [3.8, 4) is 0 Å². The Balaban J connectivity index is 2.17. The van der Waals surface area contributed by atoms with E-state index in [9.17, 15) is 18.8 Å². The van der Waals surface area contributed by atoms with Gasteiger partial charge in [0.25, 0.3) is 5.91 Å². The molecule has 0 saturated carbocycles. The van der Waals surface area contributed by atoms with Crippen LogP contribution in [0.5, 0.6) is 0 Å². The first-order valence-electron chi connectivity index (χ1n) is 4.94. The fourth-order valence-electron chi connectivity index (χ4n) is 1.56. The van der Waals surface area contributed by atoms with E-state index in [0.717, 1.165) is 17.0 Å². The molecule has 2 rings (SSSR count). The third kappa shape index (κ3) is 2.47. The molecule has 0 spiro atoms. The number of amides is 3. The van der Waals surface area contributed by atoms with E-state index in [-0.39, 0.29) is 18.7 Å². The summed E-state index contributed by atoms with van der Waals surface area (Å²) in [6.45, 7) is -0.329. The molecule has 3 amide bonds. The summed E-state index contributed by atoms with van der Waals surface area (Å²) >= 11 is 0. The highest BCUT2D eigenvalue weighted by Crippen LogP contribution is 2.08. The molecule has 17 heavy (non-hydrogen) atoms. The van der Waals surface area contributed by atoms with Crippen molar-refractivity contribution in [2.45, 2.75) is 0 Å². The van der Waals surface area contributed by atoms with Crippen LogP contribution in [-0.2, 0) is 9.59 Å². The van der Waals surface area contributed by atoms with Crippen LogP contribution in [0.3, 0.4) is 0 Å². The van der Waals surface area contributed by atoms with Gasteiger partial charge in [-0.1, -0.05) is 0 Å². The van der Waals surface area contributed by atoms with Crippen LogP contribution in [0.25, 0.3) is 0 Å². The number of rotatable bonds is 1. The second kappa shape index (κ2) is 4.32. The molecule has 0 radical (unpaired) electrons. The molecule has 1 aromatic rings. The predicted molar refractivity (Wildman–Crippen MR) is 55.5 cm³/mol. The van der Waals surface area contributed by atoms with Gasteiger partial charge in [-0.3, -0.25) is 19.7 Å². The zero-order valence-corrected chi connectivity index (χ0v) is 8.77.